The van der Waals surface area contributed by atoms with Crippen molar-refractivity contribution in [3.05, 3.63) is 64.7 Å². The van der Waals surface area contributed by atoms with Gasteiger partial charge in [0, 0.05) is 17.1 Å². The monoisotopic (exact) mass is 317 g/mol. The summed E-state index contributed by atoms with van der Waals surface area (Å²) in [6.07, 6.45) is 3.12. The van der Waals surface area contributed by atoms with Crippen molar-refractivity contribution in [1.82, 2.24) is 0 Å². The van der Waals surface area contributed by atoms with E-state index in [1.165, 1.54) is 12.1 Å². The Balaban J connectivity index is 2.12. The summed E-state index contributed by atoms with van der Waals surface area (Å²) in [6, 6.07) is 11.5. The first-order valence-corrected chi connectivity index (χ1v) is 7.12. The first-order valence-electron chi connectivity index (χ1n) is 6.74. The van der Waals surface area contributed by atoms with Crippen LogP contribution < -0.4 is 10.5 Å². The average molecular weight is 318 g/mol. The van der Waals surface area contributed by atoms with Crippen molar-refractivity contribution in [3.8, 4) is 11.5 Å². The lowest BCUT2D eigenvalue weighted by molar-refractivity contribution is 0.104. The topological polar surface area (TPSA) is 72.5 Å². The van der Waals surface area contributed by atoms with Crippen LogP contribution in [-0.2, 0) is 0 Å². The molecule has 2 aromatic carbocycles. The molecule has 0 heterocycles. The van der Waals surface area contributed by atoms with E-state index in [1.54, 1.807) is 42.5 Å². The number of hydrogen-bond acceptors (Lipinski definition) is 4. The third-order valence-electron chi connectivity index (χ3n) is 2.92. The predicted molar refractivity (Wildman–Crippen MR) is 87.5 cm³/mol. The lowest BCUT2D eigenvalue weighted by atomic mass is 10.1. The lowest BCUT2D eigenvalue weighted by Gasteiger charge is -2.07. The fourth-order valence-corrected chi connectivity index (χ4v) is 1.93. The Hall–Kier alpha value is -2.30. The van der Waals surface area contributed by atoms with Crippen LogP contribution >= 0.6 is 11.6 Å². The van der Waals surface area contributed by atoms with E-state index in [0.29, 0.717) is 29.5 Å². The summed E-state index contributed by atoms with van der Waals surface area (Å²) in [6.45, 7) is 0.666. The normalized spacial score (nSPS) is 10.8. The van der Waals surface area contributed by atoms with E-state index in [9.17, 15) is 9.90 Å². The first kappa shape index (κ1) is 16.1. The molecule has 0 aliphatic carbocycles. The van der Waals surface area contributed by atoms with Gasteiger partial charge in [-0.25, -0.2) is 0 Å². The molecule has 0 saturated heterocycles. The number of benzene rings is 2. The number of phenolic OH excluding ortho intramolecular Hbond substituents is 1. The zero-order chi connectivity index (χ0) is 15.9. The summed E-state index contributed by atoms with van der Waals surface area (Å²) in [5.74, 6) is 0.246. The van der Waals surface area contributed by atoms with Crippen molar-refractivity contribution in [2.24, 2.45) is 5.73 Å². The molecule has 0 aromatic heterocycles. The molecule has 2 rings (SSSR count). The zero-order valence-electron chi connectivity index (χ0n) is 11.8. The van der Waals surface area contributed by atoms with E-state index in [-0.39, 0.29) is 11.5 Å². The molecule has 0 unspecified atom stereocenters. The maximum absolute atomic E-state index is 12.0. The number of carbonyl (C=O) groups excluding carboxylic acids is 1. The van der Waals surface area contributed by atoms with Crippen molar-refractivity contribution < 1.29 is 14.6 Å². The maximum atomic E-state index is 12.0. The lowest BCUT2D eigenvalue weighted by Crippen LogP contribution is -2.10. The Bertz CT molecular complexity index is 681. The summed E-state index contributed by atoms with van der Waals surface area (Å²) in [7, 11) is 0. The average Bonchev–Trinajstić information content (AvgIpc) is 2.53. The molecule has 0 bridgehead atoms. The highest BCUT2D eigenvalue weighted by Crippen LogP contribution is 2.27. The van der Waals surface area contributed by atoms with Gasteiger partial charge in [-0.2, -0.15) is 0 Å². The van der Waals surface area contributed by atoms with Crippen LogP contribution in [0.25, 0.3) is 6.08 Å². The van der Waals surface area contributed by atoms with Crippen molar-refractivity contribution in [2.45, 2.75) is 0 Å². The second kappa shape index (κ2) is 7.64. The number of aromatic hydroxyl groups is 1. The molecule has 0 amide bonds. The second-order valence-corrected chi connectivity index (χ2v) is 5.01. The minimum absolute atomic E-state index is 0.0367. The molecule has 0 aliphatic rings. The van der Waals surface area contributed by atoms with Gasteiger partial charge in [-0.15, -0.1) is 0 Å². The van der Waals surface area contributed by atoms with Crippen LogP contribution in [0.5, 0.6) is 11.5 Å². The van der Waals surface area contributed by atoms with Gasteiger partial charge in [0.2, 0.25) is 0 Å². The molecule has 114 valence electrons. The van der Waals surface area contributed by atoms with Gasteiger partial charge in [-0.1, -0.05) is 23.7 Å². The van der Waals surface area contributed by atoms with Crippen LogP contribution in [-0.4, -0.2) is 24.0 Å². The smallest absolute Gasteiger partial charge is 0.185 e. The summed E-state index contributed by atoms with van der Waals surface area (Å²) >= 11 is 5.79. The molecule has 4 nitrogen and oxygen atoms in total. The van der Waals surface area contributed by atoms with Gasteiger partial charge in [0.25, 0.3) is 0 Å². The number of allylic oxidation sites excluding steroid dienone is 1. The largest absolute Gasteiger partial charge is 0.504 e. The van der Waals surface area contributed by atoms with Gasteiger partial charge in [0.05, 0.1) is 0 Å². The van der Waals surface area contributed by atoms with Crippen molar-refractivity contribution in [2.75, 3.05) is 13.2 Å². The van der Waals surface area contributed by atoms with Crippen LogP contribution in [0.3, 0.4) is 0 Å². The van der Waals surface area contributed by atoms with Gasteiger partial charge in [-0.3, -0.25) is 4.79 Å². The van der Waals surface area contributed by atoms with Gasteiger partial charge in [-0.05, 0) is 48.0 Å². The Morgan fingerprint density at radius 3 is 2.64 bits per heavy atom. The third-order valence-corrected chi connectivity index (χ3v) is 3.17. The molecule has 22 heavy (non-hydrogen) atoms. The summed E-state index contributed by atoms with van der Waals surface area (Å²) in [5, 5.41) is 10.3. The fourth-order valence-electron chi connectivity index (χ4n) is 1.80. The number of rotatable bonds is 6. The Morgan fingerprint density at radius 2 is 1.95 bits per heavy atom. The van der Waals surface area contributed by atoms with E-state index in [0.717, 1.165) is 5.56 Å². The maximum Gasteiger partial charge on any atom is 0.185 e. The molecule has 0 aliphatic heterocycles. The zero-order valence-corrected chi connectivity index (χ0v) is 12.6. The Morgan fingerprint density at radius 1 is 1.23 bits per heavy atom. The van der Waals surface area contributed by atoms with E-state index in [4.69, 9.17) is 22.1 Å². The molecule has 0 atom stereocenters. The molecule has 2 aromatic rings. The molecule has 0 radical (unpaired) electrons. The van der Waals surface area contributed by atoms with E-state index in [2.05, 4.69) is 0 Å². The van der Waals surface area contributed by atoms with Crippen molar-refractivity contribution in [3.63, 3.8) is 0 Å². The Kier molecular flexibility index (Phi) is 5.58. The first-order chi connectivity index (χ1) is 10.6. The summed E-state index contributed by atoms with van der Waals surface area (Å²) < 4.78 is 5.32. The molecule has 0 fully saturated rings. The van der Waals surface area contributed by atoms with Crippen molar-refractivity contribution >= 4 is 23.5 Å². The number of ketones is 1. The van der Waals surface area contributed by atoms with E-state index >= 15 is 0 Å². The molecule has 3 N–H and O–H groups in total. The minimum Gasteiger partial charge on any atom is -0.504 e. The molecule has 0 spiro atoms. The van der Waals surface area contributed by atoms with Crippen LogP contribution in [0.1, 0.15) is 15.9 Å². The number of carbonyl (C=O) groups is 1. The third kappa shape index (κ3) is 4.35. The number of phenols is 1. The minimum atomic E-state index is -0.130. The molecular formula is C17H16ClNO3. The van der Waals surface area contributed by atoms with Gasteiger partial charge in [0.15, 0.2) is 17.3 Å². The van der Waals surface area contributed by atoms with E-state index in [1.807, 2.05) is 0 Å². The summed E-state index contributed by atoms with van der Waals surface area (Å²) in [4.78, 5) is 12.0. The summed E-state index contributed by atoms with van der Waals surface area (Å²) in [5.41, 5.74) is 6.66. The van der Waals surface area contributed by atoms with Crippen molar-refractivity contribution in [1.29, 1.82) is 0 Å². The quantitative estimate of drug-likeness (QED) is 0.633. The number of ether oxygens (including phenoxy) is 1. The highest BCUT2D eigenvalue weighted by molar-refractivity contribution is 6.30. The second-order valence-electron chi connectivity index (χ2n) is 4.57. The number of hydrogen-bond donors (Lipinski definition) is 2. The fraction of sp³-hybridized carbons (Fsp3) is 0.118. The van der Waals surface area contributed by atoms with Gasteiger partial charge >= 0.3 is 0 Å². The highest BCUT2D eigenvalue weighted by Gasteiger charge is 2.04. The van der Waals surface area contributed by atoms with Gasteiger partial charge < -0.3 is 15.6 Å². The standard InChI is InChI=1S/C17H16ClNO3/c18-14-5-3-13(4-6-14)15(20)7-1-12-2-8-16(21)17(11-12)22-10-9-19/h1-8,11,21H,9-10,19H2. The van der Waals surface area contributed by atoms with Crippen LogP contribution in [0.15, 0.2) is 48.5 Å². The number of halogens is 1. The van der Waals surface area contributed by atoms with Crippen LogP contribution in [0.4, 0.5) is 0 Å². The van der Waals surface area contributed by atoms with E-state index < -0.39 is 0 Å². The van der Waals surface area contributed by atoms with Crippen LogP contribution in [0, 0.1) is 0 Å². The highest BCUT2D eigenvalue weighted by atomic mass is 35.5. The molecule has 5 heteroatoms. The Labute approximate surface area is 133 Å². The number of nitrogens with two attached hydrogens (primary N) is 1. The SMILES string of the molecule is NCCOc1cc(C=CC(=O)c2ccc(Cl)cc2)ccc1O. The molecule has 0 saturated carbocycles. The van der Waals surface area contributed by atoms with Gasteiger partial charge in [0.1, 0.15) is 6.61 Å². The van der Waals surface area contributed by atoms with Crippen LogP contribution in [0.2, 0.25) is 5.02 Å². The molecular weight excluding hydrogens is 302 g/mol. The predicted octanol–water partition coefficient (Wildman–Crippen LogP) is 3.28.